The molecule has 0 bridgehead atoms. The van der Waals surface area contributed by atoms with Crippen molar-refractivity contribution in [1.82, 2.24) is 5.43 Å². The average molecular weight is 447 g/mol. The fourth-order valence-electron chi connectivity index (χ4n) is 4.68. The van der Waals surface area contributed by atoms with E-state index in [9.17, 15) is 0 Å². The molecule has 2 atom stereocenters. The molecule has 33 heavy (non-hydrogen) atoms. The van der Waals surface area contributed by atoms with Crippen LogP contribution < -0.4 is 5.43 Å². The van der Waals surface area contributed by atoms with E-state index in [1.807, 2.05) is 13.8 Å². The van der Waals surface area contributed by atoms with Crippen molar-refractivity contribution in [3.05, 3.63) is 76.9 Å². The van der Waals surface area contributed by atoms with Gasteiger partial charge in [0.05, 0.1) is 11.4 Å². The Morgan fingerprint density at radius 1 is 0.848 bits per heavy atom. The van der Waals surface area contributed by atoms with Crippen molar-refractivity contribution < 1.29 is 0 Å². The predicted molar refractivity (Wildman–Crippen MR) is 147 cm³/mol. The first-order chi connectivity index (χ1) is 16.2. The second-order valence-corrected chi connectivity index (χ2v) is 9.16. The third-order valence-electron chi connectivity index (χ3n) is 6.31. The summed E-state index contributed by atoms with van der Waals surface area (Å²) in [5.74, 6) is 1.24. The van der Waals surface area contributed by atoms with Gasteiger partial charge < -0.3 is 0 Å². The van der Waals surface area contributed by atoms with Crippen LogP contribution in [0.3, 0.4) is 0 Å². The normalized spacial score (nSPS) is 19.9. The topological polar surface area (TPSA) is 24.4 Å². The summed E-state index contributed by atoms with van der Waals surface area (Å²) in [6.07, 6.45) is 9.84. The third kappa shape index (κ3) is 7.59. The highest BCUT2D eigenvalue weighted by atomic mass is 15.3. The molecule has 2 aliphatic rings. The first-order valence-electron chi connectivity index (χ1n) is 13.4. The maximum Gasteiger partial charge on any atom is 0.0751 e. The van der Waals surface area contributed by atoms with Gasteiger partial charge >= 0.3 is 0 Å². The van der Waals surface area contributed by atoms with Crippen LogP contribution in [0.2, 0.25) is 0 Å². The largest absolute Gasteiger partial charge is 0.278 e. The first kappa shape index (κ1) is 26.9. The standard InChI is InChI=1S/C26H32N2.C3H8.C2H6/c1-3-8-20-14-16-22(17-15-20)26-23-12-7-9-19(2)13-18-24(23)25(27-28-26)21-10-5-4-6-11-21;1-3-2;1-2/h4-6,10-11,14-17,19,23,27H,3,7-9,12-13,18H2,1-2H3;3H2,1-2H3;1-2H3. The Kier molecular flexibility index (Phi) is 12.0. The van der Waals surface area contributed by atoms with Crippen LogP contribution in [-0.2, 0) is 6.42 Å². The fraction of sp³-hybridized carbons (Fsp3) is 0.516. The lowest BCUT2D eigenvalue weighted by Crippen LogP contribution is -2.30. The quantitative estimate of drug-likeness (QED) is 0.498. The van der Waals surface area contributed by atoms with E-state index in [0.717, 1.165) is 18.8 Å². The molecule has 0 spiro atoms. The van der Waals surface area contributed by atoms with Crippen LogP contribution in [0.1, 0.15) is 103 Å². The number of hydrazone groups is 1. The monoisotopic (exact) mass is 446 g/mol. The molecular weight excluding hydrogens is 400 g/mol. The molecule has 0 saturated heterocycles. The lowest BCUT2D eigenvalue weighted by molar-refractivity contribution is 0.420. The van der Waals surface area contributed by atoms with Gasteiger partial charge in [-0.2, -0.15) is 5.10 Å². The van der Waals surface area contributed by atoms with E-state index in [1.165, 1.54) is 66.6 Å². The average Bonchev–Trinajstić information content (AvgIpc) is 2.84. The number of nitrogens with one attached hydrogen (secondary N) is 1. The molecule has 1 heterocycles. The van der Waals surface area contributed by atoms with Gasteiger partial charge in [0, 0.05) is 5.92 Å². The van der Waals surface area contributed by atoms with Crippen molar-refractivity contribution in [1.29, 1.82) is 0 Å². The molecule has 1 saturated carbocycles. The Morgan fingerprint density at radius 3 is 2.15 bits per heavy atom. The minimum atomic E-state index is 0.431. The van der Waals surface area contributed by atoms with Gasteiger partial charge in [0.25, 0.3) is 0 Å². The number of allylic oxidation sites excluding steroid dienone is 1. The molecule has 0 radical (unpaired) electrons. The molecule has 2 aromatic rings. The first-order valence-corrected chi connectivity index (χ1v) is 13.4. The maximum absolute atomic E-state index is 4.92. The van der Waals surface area contributed by atoms with Gasteiger partial charge in [-0.1, -0.05) is 122 Å². The Morgan fingerprint density at radius 2 is 1.52 bits per heavy atom. The van der Waals surface area contributed by atoms with Gasteiger partial charge in [0.15, 0.2) is 0 Å². The van der Waals surface area contributed by atoms with Crippen molar-refractivity contribution in [2.75, 3.05) is 0 Å². The number of benzene rings is 2. The summed E-state index contributed by atoms with van der Waals surface area (Å²) in [6.45, 7) is 12.9. The predicted octanol–water partition coefficient (Wildman–Crippen LogP) is 9.02. The van der Waals surface area contributed by atoms with Crippen molar-refractivity contribution in [3.8, 4) is 0 Å². The molecule has 1 aliphatic carbocycles. The molecule has 4 rings (SSSR count). The lowest BCUT2D eigenvalue weighted by atomic mass is 9.77. The van der Waals surface area contributed by atoms with E-state index < -0.39 is 0 Å². The molecule has 0 aromatic heterocycles. The van der Waals surface area contributed by atoms with E-state index >= 15 is 0 Å². The van der Waals surface area contributed by atoms with Crippen molar-refractivity contribution in [2.45, 2.75) is 92.9 Å². The number of aryl methyl sites for hydroxylation is 1. The fourth-order valence-corrected chi connectivity index (χ4v) is 4.68. The summed E-state index contributed by atoms with van der Waals surface area (Å²) in [6, 6.07) is 19.8. The third-order valence-corrected chi connectivity index (χ3v) is 6.31. The molecule has 2 unspecified atom stereocenters. The van der Waals surface area contributed by atoms with E-state index in [4.69, 9.17) is 5.10 Å². The van der Waals surface area contributed by atoms with Crippen LogP contribution in [0.25, 0.3) is 5.70 Å². The van der Waals surface area contributed by atoms with E-state index in [1.54, 1.807) is 5.57 Å². The molecule has 1 fully saturated rings. The number of hydrogen-bond acceptors (Lipinski definition) is 2. The second kappa shape index (κ2) is 14.7. The van der Waals surface area contributed by atoms with Gasteiger partial charge in [-0.25, -0.2) is 0 Å². The zero-order valence-corrected chi connectivity index (χ0v) is 22.0. The van der Waals surface area contributed by atoms with Gasteiger partial charge in [0.1, 0.15) is 0 Å². The molecule has 2 heteroatoms. The highest BCUT2D eigenvalue weighted by molar-refractivity contribution is 6.06. The number of rotatable bonds is 4. The SMILES string of the molecule is CC.CCC.CCCc1ccc(C2=NNC(c3ccccc3)=C3CCC(C)CCCC23)cc1. The number of fused-ring (bicyclic) bond motifs is 1. The zero-order valence-electron chi connectivity index (χ0n) is 22.0. The lowest BCUT2D eigenvalue weighted by Gasteiger charge is -2.32. The Hall–Kier alpha value is -2.35. The summed E-state index contributed by atoms with van der Waals surface area (Å²) in [7, 11) is 0. The summed E-state index contributed by atoms with van der Waals surface area (Å²) in [5, 5.41) is 4.92. The molecule has 180 valence electrons. The summed E-state index contributed by atoms with van der Waals surface area (Å²) in [4.78, 5) is 0. The van der Waals surface area contributed by atoms with Crippen LogP contribution in [0, 0.1) is 11.8 Å². The molecule has 0 amide bonds. The van der Waals surface area contributed by atoms with Gasteiger partial charge in [-0.3, -0.25) is 5.43 Å². The van der Waals surface area contributed by atoms with Crippen molar-refractivity contribution in [2.24, 2.45) is 16.9 Å². The zero-order chi connectivity index (χ0) is 24.1. The molecular formula is C31H46N2. The van der Waals surface area contributed by atoms with Crippen molar-refractivity contribution in [3.63, 3.8) is 0 Å². The van der Waals surface area contributed by atoms with Crippen LogP contribution in [0.5, 0.6) is 0 Å². The van der Waals surface area contributed by atoms with Crippen LogP contribution >= 0.6 is 0 Å². The minimum Gasteiger partial charge on any atom is -0.278 e. The van der Waals surface area contributed by atoms with Gasteiger partial charge in [0.2, 0.25) is 0 Å². The summed E-state index contributed by atoms with van der Waals surface area (Å²) < 4.78 is 0. The Balaban J connectivity index is 0.000000714. The minimum absolute atomic E-state index is 0.431. The van der Waals surface area contributed by atoms with Gasteiger partial charge in [-0.05, 0) is 53.9 Å². The Labute approximate surface area is 203 Å². The van der Waals surface area contributed by atoms with E-state index in [-0.39, 0.29) is 0 Å². The molecule has 1 N–H and O–H groups in total. The van der Waals surface area contributed by atoms with Crippen LogP contribution in [0.4, 0.5) is 0 Å². The smallest absolute Gasteiger partial charge is 0.0751 e. The van der Waals surface area contributed by atoms with Crippen molar-refractivity contribution >= 4 is 11.4 Å². The van der Waals surface area contributed by atoms with E-state index in [2.05, 4.69) is 87.7 Å². The Bertz CT molecular complexity index is 862. The second-order valence-electron chi connectivity index (χ2n) is 9.16. The highest BCUT2D eigenvalue weighted by Crippen LogP contribution is 2.38. The summed E-state index contributed by atoms with van der Waals surface area (Å²) in [5.41, 5.74) is 11.4. The molecule has 2 aromatic carbocycles. The number of hydrogen-bond donors (Lipinski definition) is 1. The molecule has 1 aliphatic heterocycles. The van der Waals surface area contributed by atoms with Crippen LogP contribution in [0.15, 0.2) is 65.3 Å². The van der Waals surface area contributed by atoms with E-state index in [0.29, 0.717) is 5.92 Å². The number of nitrogens with zero attached hydrogens (tertiary/aromatic N) is 1. The van der Waals surface area contributed by atoms with Gasteiger partial charge in [-0.15, -0.1) is 0 Å². The summed E-state index contributed by atoms with van der Waals surface area (Å²) >= 11 is 0. The van der Waals surface area contributed by atoms with Crippen LogP contribution in [-0.4, -0.2) is 5.71 Å². The highest BCUT2D eigenvalue weighted by Gasteiger charge is 2.30. The maximum atomic E-state index is 4.92. The molecule has 2 nitrogen and oxygen atoms in total.